The molecule has 0 aromatic rings. The van der Waals surface area contributed by atoms with Gasteiger partial charge in [-0.05, 0) is 6.42 Å². The van der Waals surface area contributed by atoms with Crippen LogP contribution in [0.25, 0.3) is 0 Å². The molecule has 0 heterocycles. The minimum absolute atomic E-state index is 0.345. The van der Waals surface area contributed by atoms with E-state index in [9.17, 15) is 4.79 Å². The van der Waals surface area contributed by atoms with Crippen LogP contribution in [-0.4, -0.2) is 11.1 Å². The maximum absolute atomic E-state index is 10.3. The molecule has 0 aliphatic rings. The van der Waals surface area contributed by atoms with Gasteiger partial charge in [0.15, 0.2) is 0 Å². The Morgan fingerprint density at radius 1 is 0.600 bits per heavy atom. The quantitative estimate of drug-likeness (QED) is 0.337. The van der Waals surface area contributed by atoms with Gasteiger partial charge in [0.2, 0.25) is 0 Å². The summed E-state index contributed by atoms with van der Waals surface area (Å²) in [4.78, 5) is 10.3. The Kier molecular flexibility index (Phi) is 16.1. The SMILES string of the molecule is CCCCCCCCCCCCCCCCC[16C](=O)O. The Bertz CT molecular complexity index is 202. The molecule has 0 aliphatic heterocycles. The number of carboxylic acid groups (broad SMARTS) is 1. The molecule has 0 spiro atoms. The molecule has 0 unspecified atom stereocenters. The van der Waals surface area contributed by atoms with Crippen molar-refractivity contribution in [1.29, 1.82) is 0 Å². The first kappa shape index (κ1) is 19.5. The lowest BCUT2D eigenvalue weighted by Crippen LogP contribution is -1.93. The van der Waals surface area contributed by atoms with Gasteiger partial charge in [0.25, 0.3) is 0 Å². The maximum atomic E-state index is 10.3. The molecule has 0 amide bonds. The Labute approximate surface area is 126 Å². The summed E-state index contributed by atoms with van der Waals surface area (Å²) in [6, 6.07) is 0. The van der Waals surface area contributed by atoms with Crippen molar-refractivity contribution in [2.75, 3.05) is 0 Å². The van der Waals surface area contributed by atoms with E-state index in [1.807, 2.05) is 0 Å². The third kappa shape index (κ3) is 17.5. The first-order chi connectivity index (χ1) is 9.77. The molecule has 0 aliphatic carbocycles. The summed E-state index contributed by atoms with van der Waals surface area (Å²) in [7, 11) is 0. The molecule has 0 aromatic heterocycles. The summed E-state index contributed by atoms with van der Waals surface area (Å²) in [6.07, 6.45) is 20.2. The van der Waals surface area contributed by atoms with Gasteiger partial charge >= 0.3 is 5.97 Å². The summed E-state index contributed by atoms with van der Waals surface area (Å²) in [5, 5.41) is 8.52. The number of hydrogen-bond acceptors (Lipinski definition) is 1. The molecule has 0 atom stereocenters. The second kappa shape index (κ2) is 16.5. The number of carbonyl (C=O) groups is 1. The standard InChI is InChI=1S/C18H36O2/c1-2-3-4-5-6-7-8-9-10-11-12-13-14-15-16-17-18(19)20/h2-17H2,1H3,(H,19,20)/i18+4. The highest BCUT2D eigenvalue weighted by atomic mass is 17.3. The fourth-order valence-electron chi connectivity index (χ4n) is 2.65. The van der Waals surface area contributed by atoms with E-state index in [-0.39, 0.29) is 0 Å². The van der Waals surface area contributed by atoms with Crippen molar-refractivity contribution in [3.63, 3.8) is 0 Å². The van der Waals surface area contributed by atoms with Crippen LogP contribution in [0.5, 0.6) is 0 Å². The van der Waals surface area contributed by atoms with Crippen molar-refractivity contribution in [1.82, 2.24) is 0 Å². The third-order valence-electron chi connectivity index (χ3n) is 3.99. The van der Waals surface area contributed by atoms with Gasteiger partial charge in [-0.25, -0.2) is 0 Å². The molecule has 0 bridgehead atoms. The Hall–Kier alpha value is -0.530. The molecule has 2 heteroatoms. The molecule has 1 N–H and O–H groups in total. The molecule has 0 saturated carbocycles. The highest BCUT2D eigenvalue weighted by Gasteiger charge is 1.97. The number of hydrogen-bond donors (Lipinski definition) is 1. The highest BCUT2D eigenvalue weighted by Crippen LogP contribution is 2.13. The van der Waals surface area contributed by atoms with Crippen molar-refractivity contribution in [2.45, 2.75) is 110 Å². The van der Waals surface area contributed by atoms with Crippen molar-refractivity contribution >= 4 is 5.97 Å². The van der Waals surface area contributed by atoms with E-state index >= 15 is 0 Å². The number of carboxylic acids is 1. The number of unbranched alkanes of at least 4 members (excludes halogenated alkanes) is 14. The first-order valence-corrected chi connectivity index (χ1v) is 8.99. The van der Waals surface area contributed by atoms with E-state index in [1.54, 1.807) is 0 Å². The highest BCUT2D eigenvalue weighted by molar-refractivity contribution is 5.66. The Balaban J connectivity index is 2.94. The second-order valence-corrected chi connectivity index (χ2v) is 6.09. The summed E-state index contributed by atoms with van der Waals surface area (Å²) in [5.74, 6) is -0.653. The van der Waals surface area contributed by atoms with Crippen molar-refractivity contribution in [3.05, 3.63) is 0 Å². The molecule has 0 radical (unpaired) electrons. The molecule has 0 saturated heterocycles. The minimum Gasteiger partial charge on any atom is -0.481 e. The molecular formula is C18H36O2. The van der Waals surface area contributed by atoms with E-state index in [0.717, 1.165) is 12.8 Å². The van der Waals surface area contributed by atoms with Gasteiger partial charge in [0, 0.05) is 6.42 Å². The van der Waals surface area contributed by atoms with Crippen LogP contribution in [0, 0.1) is 0 Å². The molecule has 0 rings (SSSR count). The van der Waals surface area contributed by atoms with Crippen LogP contribution in [0.1, 0.15) is 110 Å². The molecule has 0 aromatic carbocycles. The van der Waals surface area contributed by atoms with E-state index < -0.39 is 5.97 Å². The van der Waals surface area contributed by atoms with Crippen LogP contribution < -0.4 is 0 Å². The summed E-state index contributed by atoms with van der Waals surface area (Å²) in [6.45, 7) is 2.27. The fraction of sp³-hybridized carbons (Fsp3) is 0.944. The zero-order chi connectivity index (χ0) is 14.9. The lowest BCUT2D eigenvalue weighted by atomic mass is 10.0. The van der Waals surface area contributed by atoms with E-state index in [4.69, 9.17) is 5.11 Å². The molecule has 120 valence electrons. The van der Waals surface area contributed by atoms with Crippen LogP contribution in [-0.2, 0) is 4.79 Å². The van der Waals surface area contributed by atoms with Gasteiger partial charge in [-0.15, -0.1) is 0 Å². The number of aliphatic carboxylic acids is 1. The summed E-state index contributed by atoms with van der Waals surface area (Å²) < 4.78 is 0. The van der Waals surface area contributed by atoms with Crippen LogP contribution in [0.4, 0.5) is 0 Å². The van der Waals surface area contributed by atoms with Gasteiger partial charge in [0.1, 0.15) is 0 Å². The largest absolute Gasteiger partial charge is 0.481 e. The van der Waals surface area contributed by atoms with Gasteiger partial charge in [-0.3, -0.25) is 4.79 Å². The normalized spacial score (nSPS) is 10.8. The molecule has 0 fully saturated rings. The van der Waals surface area contributed by atoms with Crippen molar-refractivity contribution in [2.24, 2.45) is 0 Å². The molecule has 2 nitrogen and oxygen atoms in total. The third-order valence-corrected chi connectivity index (χ3v) is 3.99. The van der Waals surface area contributed by atoms with Gasteiger partial charge in [-0.1, -0.05) is 96.8 Å². The lowest BCUT2D eigenvalue weighted by molar-refractivity contribution is -0.137. The fourth-order valence-corrected chi connectivity index (χ4v) is 2.65. The first-order valence-electron chi connectivity index (χ1n) is 8.99. The lowest BCUT2D eigenvalue weighted by Gasteiger charge is -2.03. The van der Waals surface area contributed by atoms with Crippen LogP contribution in [0.3, 0.4) is 0 Å². The Morgan fingerprint density at radius 2 is 0.900 bits per heavy atom. The Morgan fingerprint density at radius 3 is 1.20 bits per heavy atom. The van der Waals surface area contributed by atoms with Gasteiger partial charge < -0.3 is 5.11 Å². The maximum Gasteiger partial charge on any atom is 0.303 e. The average Bonchev–Trinajstić information content (AvgIpc) is 2.43. The summed E-state index contributed by atoms with van der Waals surface area (Å²) >= 11 is 0. The van der Waals surface area contributed by atoms with E-state index in [1.165, 1.54) is 83.5 Å². The summed E-state index contributed by atoms with van der Waals surface area (Å²) in [5.41, 5.74) is 0. The minimum atomic E-state index is -0.653. The predicted molar refractivity (Wildman–Crippen MR) is 87.2 cm³/mol. The topological polar surface area (TPSA) is 37.3 Å². The smallest absolute Gasteiger partial charge is 0.303 e. The van der Waals surface area contributed by atoms with Crippen LogP contribution >= 0.6 is 0 Å². The molecule has 20 heavy (non-hydrogen) atoms. The predicted octanol–water partition coefficient (Wildman–Crippen LogP) is 6.33. The number of rotatable bonds is 16. The van der Waals surface area contributed by atoms with Crippen molar-refractivity contribution in [3.8, 4) is 0 Å². The van der Waals surface area contributed by atoms with E-state index in [2.05, 4.69) is 6.92 Å². The van der Waals surface area contributed by atoms with Gasteiger partial charge in [0.05, 0.1) is 0 Å². The molecular weight excluding hydrogens is 252 g/mol. The zero-order valence-electron chi connectivity index (χ0n) is 13.7. The zero-order valence-corrected chi connectivity index (χ0v) is 13.7. The average molecular weight is 288 g/mol. The van der Waals surface area contributed by atoms with Gasteiger partial charge in [-0.2, -0.15) is 0 Å². The van der Waals surface area contributed by atoms with Crippen molar-refractivity contribution < 1.29 is 9.90 Å². The van der Waals surface area contributed by atoms with Crippen LogP contribution in [0.15, 0.2) is 0 Å². The second-order valence-electron chi connectivity index (χ2n) is 6.09. The monoisotopic (exact) mass is 288 g/mol. The van der Waals surface area contributed by atoms with Crippen LogP contribution in [0.2, 0.25) is 0 Å². The van der Waals surface area contributed by atoms with E-state index in [0.29, 0.717) is 6.42 Å².